The minimum absolute atomic E-state index is 0.240. The highest BCUT2D eigenvalue weighted by Crippen LogP contribution is 2.20. The maximum absolute atomic E-state index is 11.6. The summed E-state index contributed by atoms with van der Waals surface area (Å²) in [5, 5.41) is 8.83. The van der Waals surface area contributed by atoms with E-state index in [1.807, 2.05) is 13.8 Å². The predicted octanol–water partition coefficient (Wildman–Crippen LogP) is 2.15. The lowest BCUT2D eigenvalue weighted by atomic mass is 9.90. The number of nitrogens with two attached hydrogens (primary N) is 1. The molecule has 0 spiro atoms. The molecule has 0 aliphatic rings. The van der Waals surface area contributed by atoms with Crippen LogP contribution in [0.15, 0.2) is 18.3 Å². The molecule has 0 fully saturated rings. The summed E-state index contributed by atoms with van der Waals surface area (Å²) in [5.74, 6) is -0.468. The van der Waals surface area contributed by atoms with Gasteiger partial charge in [-0.1, -0.05) is 0 Å². The van der Waals surface area contributed by atoms with Crippen molar-refractivity contribution in [2.45, 2.75) is 26.7 Å². The molecule has 0 aromatic carbocycles. The molecule has 1 heterocycles. The first-order valence-electron chi connectivity index (χ1n) is 5.74. The fourth-order valence-corrected chi connectivity index (χ4v) is 1.33. The average Bonchev–Trinajstić information content (AvgIpc) is 2.35. The summed E-state index contributed by atoms with van der Waals surface area (Å²) in [4.78, 5) is 15.4. The Kier molecular flexibility index (Phi) is 4.67. The molecule has 0 saturated carbocycles. The molecular formula is C13H17N3O2. The van der Waals surface area contributed by atoms with E-state index in [0.29, 0.717) is 18.5 Å². The molecule has 5 nitrogen and oxygen atoms in total. The second-order valence-corrected chi connectivity index (χ2v) is 4.71. The molecular weight excluding hydrogens is 230 g/mol. The fourth-order valence-electron chi connectivity index (χ4n) is 1.33. The second kappa shape index (κ2) is 6.01. The first-order chi connectivity index (χ1) is 8.44. The van der Waals surface area contributed by atoms with Crippen molar-refractivity contribution in [3.05, 3.63) is 24.0 Å². The molecule has 0 unspecified atom stereocenters. The summed E-state index contributed by atoms with van der Waals surface area (Å²) in [7, 11) is 0. The topological polar surface area (TPSA) is 89.0 Å². The van der Waals surface area contributed by atoms with E-state index in [4.69, 9.17) is 15.7 Å². The van der Waals surface area contributed by atoms with Crippen molar-refractivity contribution in [2.24, 2.45) is 5.41 Å². The molecule has 1 rings (SSSR count). The third-order valence-electron chi connectivity index (χ3n) is 2.48. The van der Waals surface area contributed by atoms with Crippen molar-refractivity contribution in [1.82, 2.24) is 4.98 Å². The quantitative estimate of drug-likeness (QED) is 0.636. The summed E-state index contributed by atoms with van der Waals surface area (Å²) < 4.78 is 5.06. The van der Waals surface area contributed by atoms with Gasteiger partial charge in [0.1, 0.15) is 5.69 Å². The van der Waals surface area contributed by atoms with Crippen LogP contribution in [-0.2, 0) is 4.74 Å². The third kappa shape index (κ3) is 4.42. The number of rotatable bonds is 5. The zero-order valence-electron chi connectivity index (χ0n) is 10.6. The van der Waals surface area contributed by atoms with Crippen LogP contribution in [0.25, 0.3) is 0 Å². The van der Waals surface area contributed by atoms with E-state index >= 15 is 0 Å². The number of esters is 1. The smallest absolute Gasteiger partial charge is 0.356 e. The van der Waals surface area contributed by atoms with Gasteiger partial charge >= 0.3 is 5.97 Å². The zero-order valence-corrected chi connectivity index (χ0v) is 10.6. The Morgan fingerprint density at radius 3 is 2.83 bits per heavy atom. The van der Waals surface area contributed by atoms with Gasteiger partial charge in [-0.25, -0.2) is 9.78 Å². The van der Waals surface area contributed by atoms with Crippen LogP contribution in [0.5, 0.6) is 0 Å². The highest BCUT2D eigenvalue weighted by atomic mass is 16.5. The van der Waals surface area contributed by atoms with Crippen LogP contribution in [0.4, 0.5) is 5.69 Å². The molecule has 18 heavy (non-hydrogen) atoms. The van der Waals surface area contributed by atoms with E-state index in [1.165, 1.54) is 12.3 Å². The van der Waals surface area contributed by atoms with Crippen LogP contribution in [0.2, 0.25) is 0 Å². The van der Waals surface area contributed by atoms with E-state index in [9.17, 15) is 4.79 Å². The lowest BCUT2D eigenvalue weighted by Gasteiger charge is -2.14. The minimum atomic E-state index is -0.468. The van der Waals surface area contributed by atoms with Crippen LogP contribution in [0, 0.1) is 16.7 Å². The Bertz CT molecular complexity index is 446. The van der Waals surface area contributed by atoms with Gasteiger partial charge in [-0.05, 0) is 38.8 Å². The van der Waals surface area contributed by atoms with Crippen LogP contribution < -0.4 is 5.73 Å². The number of nitriles is 1. The molecule has 1 aromatic heterocycles. The van der Waals surface area contributed by atoms with Crippen LogP contribution in [0.3, 0.4) is 0 Å². The standard InChI is InChI=1S/C13H17N3O2/c1-13(2,9-14)6-3-7-18-12(17)11-5-4-10(15)8-16-11/h4-5,8H,3,6-7,15H2,1-2H3. The maximum Gasteiger partial charge on any atom is 0.356 e. The van der Waals surface area contributed by atoms with Gasteiger partial charge in [0.15, 0.2) is 0 Å². The van der Waals surface area contributed by atoms with Gasteiger partial charge in [-0.15, -0.1) is 0 Å². The number of ether oxygens (including phenoxy) is 1. The highest BCUT2D eigenvalue weighted by Gasteiger charge is 2.16. The molecule has 0 atom stereocenters. The number of hydrogen-bond donors (Lipinski definition) is 1. The monoisotopic (exact) mass is 247 g/mol. The number of nitrogens with zero attached hydrogens (tertiary/aromatic N) is 2. The molecule has 0 saturated heterocycles. The first kappa shape index (κ1) is 14.0. The van der Waals surface area contributed by atoms with Crippen LogP contribution in [0.1, 0.15) is 37.2 Å². The molecule has 0 aliphatic carbocycles. The van der Waals surface area contributed by atoms with Gasteiger partial charge in [-0.3, -0.25) is 0 Å². The third-order valence-corrected chi connectivity index (χ3v) is 2.48. The Morgan fingerprint density at radius 2 is 2.28 bits per heavy atom. The molecule has 0 bridgehead atoms. The highest BCUT2D eigenvalue weighted by molar-refractivity contribution is 5.87. The molecule has 0 amide bonds. The Morgan fingerprint density at radius 1 is 1.56 bits per heavy atom. The lowest BCUT2D eigenvalue weighted by Crippen LogP contribution is -2.12. The summed E-state index contributed by atoms with van der Waals surface area (Å²) in [5.41, 5.74) is 5.83. The maximum atomic E-state index is 11.6. The minimum Gasteiger partial charge on any atom is -0.461 e. The van der Waals surface area contributed by atoms with Crippen molar-refractivity contribution in [1.29, 1.82) is 5.26 Å². The molecule has 96 valence electrons. The number of carbonyl (C=O) groups excluding carboxylic acids is 1. The van der Waals surface area contributed by atoms with Gasteiger partial charge < -0.3 is 10.5 Å². The Hall–Kier alpha value is -2.09. The van der Waals surface area contributed by atoms with E-state index in [1.54, 1.807) is 6.07 Å². The van der Waals surface area contributed by atoms with Crippen molar-refractivity contribution < 1.29 is 9.53 Å². The lowest BCUT2D eigenvalue weighted by molar-refractivity contribution is 0.0484. The zero-order chi connectivity index (χ0) is 13.6. The van der Waals surface area contributed by atoms with Gasteiger partial charge in [0.05, 0.1) is 30.0 Å². The molecule has 2 N–H and O–H groups in total. The number of carbonyl (C=O) groups is 1. The van der Waals surface area contributed by atoms with Crippen LogP contribution >= 0.6 is 0 Å². The molecule has 0 radical (unpaired) electrons. The average molecular weight is 247 g/mol. The molecule has 1 aromatic rings. The van der Waals surface area contributed by atoms with Crippen molar-refractivity contribution in [3.8, 4) is 6.07 Å². The van der Waals surface area contributed by atoms with E-state index in [2.05, 4.69) is 11.1 Å². The van der Waals surface area contributed by atoms with E-state index in [0.717, 1.165) is 0 Å². The Labute approximate surface area is 107 Å². The number of nitrogen functional groups attached to an aromatic ring is 1. The van der Waals surface area contributed by atoms with Crippen molar-refractivity contribution in [3.63, 3.8) is 0 Å². The SMILES string of the molecule is CC(C)(C#N)CCCOC(=O)c1ccc(N)cn1. The summed E-state index contributed by atoms with van der Waals surface area (Å²) in [6.45, 7) is 4.00. The Balaban J connectivity index is 2.34. The second-order valence-electron chi connectivity index (χ2n) is 4.71. The summed E-state index contributed by atoms with van der Waals surface area (Å²) >= 11 is 0. The number of pyridine rings is 1. The molecule has 5 heteroatoms. The fraction of sp³-hybridized carbons (Fsp3) is 0.462. The number of anilines is 1. The van der Waals surface area contributed by atoms with Gasteiger partial charge in [-0.2, -0.15) is 5.26 Å². The van der Waals surface area contributed by atoms with Crippen molar-refractivity contribution in [2.75, 3.05) is 12.3 Å². The number of aromatic nitrogens is 1. The van der Waals surface area contributed by atoms with Gasteiger partial charge in [0, 0.05) is 0 Å². The van der Waals surface area contributed by atoms with Crippen LogP contribution in [-0.4, -0.2) is 17.6 Å². The van der Waals surface area contributed by atoms with Crippen molar-refractivity contribution >= 4 is 11.7 Å². The molecule has 0 aliphatic heterocycles. The predicted molar refractivity (Wildman–Crippen MR) is 67.6 cm³/mol. The van der Waals surface area contributed by atoms with E-state index < -0.39 is 5.97 Å². The van der Waals surface area contributed by atoms with Gasteiger partial charge in [0.25, 0.3) is 0 Å². The largest absolute Gasteiger partial charge is 0.461 e. The summed E-state index contributed by atoms with van der Waals surface area (Å²) in [6, 6.07) is 5.32. The van der Waals surface area contributed by atoms with E-state index in [-0.39, 0.29) is 17.7 Å². The normalized spacial score (nSPS) is 10.7. The summed E-state index contributed by atoms with van der Waals surface area (Å²) in [6.07, 6.45) is 2.75. The van der Waals surface area contributed by atoms with Gasteiger partial charge in [0.2, 0.25) is 0 Å². The first-order valence-corrected chi connectivity index (χ1v) is 5.74. The number of hydrogen-bond acceptors (Lipinski definition) is 5.